The molecule has 1 heterocycles. The molecule has 3 N–H and O–H groups in total. The first-order chi connectivity index (χ1) is 20.5. The number of hydrogen-bond acceptors (Lipinski definition) is 8. The average molecular weight is 610 g/mol. The highest BCUT2D eigenvalue weighted by atomic mass is 32.1. The number of nitrogens with zero attached hydrogens (tertiary/aromatic N) is 1. The third-order valence-electron chi connectivity index (χ3n) is 6.85. The number of ether oxygens (including phenoxy) is 2. The van der Waals surface area contributed by atoms with Crippen LogP contribution in [0.5, 0.6) is 0 Å². The Balaban J connectivity index is 1.70. The second-order valence-electron chi connectivity index (χ2n) is 10.8. The molecular weight excluding hydrogens is 570 g/mol. The maximum atomic E-state index is 13.2. The van der Waals surface area contributed by atoms with Gasteiger partial charge in [-0.2, -0.15) is 0 Å². The molecule has 43 heavy (non-hydrogen) atoms. The molecule has 0 radical (unpaired) electrons. The van der Waals surface area contributed by atoms with Crippen LogP contribution in [0, 0.1) is 11.8 Å². The monoisotopic (exact) mass is 609 g/mol. The van der Waals surface area contributed by atoms with E-state index < -0.39 is 48.0 Å². The number of alkyl carbamates (subject to hydrolysis) is 1. The molecule has 3 aromatic rings. The largest absolute Gasteiger partial charge is 0.481 e. The molecule has 0 bridgehead atoms. The van der Waals surface area contributed by atoms with Crippen LogP contribution in [0.3, 0.4) is 0 Å². The lowest BCUT2D eigenvalue weighted by atomic mass is 9.96. The second-order valence-corrected chi connectivity index (χ2v) is 11.7. The van der Waals surface area contributed by atoms with E-state index in [2.05, 4.69) is 15.6 Å². The number of rotatable bonds is 15. The lowest BCUT2D eigenvalue weighted by Gasteiger charge is -2.26. The summed E-state index contributed by atoms with van der Waals surface area (Å²) in [6, 6.07) is 18.0. The first-order valence-corrected chi connectivity index (χ1v) is 15.1. The van der Waals surface area contributed by atoms with E-state index in [9.17, 15) is 24.3 Å². The summed E-state index contributed by atoms with van der Waals surface area (Å²) >= 11 is 1.17. The number of carboxylic acids is 1. The van der Waals surface area contributed by atoms with Crippen LogP contribution in [0.2, 0.25) is 0 Å². The maximum Gasteiger partial charge on any atom is 0.407 e. The fourth-order valence-electron chi connectivity index (χ4n) is 4.46. The molecule has 4 atom stereocenters. The summed E-state index contributed by atoms with van der Waals surface area (Å²) in [4.78, 5) is 53.8. The molecule has 0 fully saturated rings. The van der Waals surface area contributed by atoms with Gasteiger partial charge in [0.15, 0.2) is 6.10 Å². The molecule has 3 rings (SSSR count). The molecule has 0 saturated heterocycles. The van der Waals surface area contributed by atoms with E-state index in [0.717, 1.165) is 11.1 Å². The van der Waals surface area contributed by atoms with Crippen LogP contribution in [-0.2, 0) is 32.1 Å². The molecule has 0 aliphatic heterocycles. The first kappa shape index (κ1) is 33.3. The Morgan fingerprint density at radius 3 is 2.12 bits per heavy atom. The van der Waals surface area contributed by atoms with E-state index in [-0.39, 0.29) is 31.1 Å². The average Bonchev–Trinajstić information content (AvgIpc) is 3.47. The summed E-state index contributed by atoms with van der Waals surface area (Å²) in [6.45, 7) is 6.87. The lowest BCUT2D eigenvalue weighted by Crippen LogP contribution is -2.40. The molecule has 230 valence electrons. The van der Waals surface area contributed by atoms with Crippen molar-refractivity contribution in [2.45, 2.75) is 71.8 Å². The van der Waals surface area contributed by atoms with Crippen molar-refractivity contribution in [1.29, 1.82) is 0 Å². The van der Waals surface area contributed by atoms with E-state index in [4.69, 9.17) is 9.47 Å². The molecule has 2 aromatic carbocycles. The van der Waals surface area contributed by atoms with Crippen LogP contribution >= 0.6 is 11.3 Å². The number of hydrogen-bond donors (Lipinski definition) is 3. The van der Waals surface area contributed by atoms with E-state index in [0.29, 0.717) is 11.4 Å². The molecular formula is C32H39N3O7S. The standard InChI is InChI=1S/C32H39N3O7S/c1-20(2)26(35-32(40)41-18-24-13-9-6-10-14-24)17-28(42-22(4)36)30-34-27(19-43-30)29(37)33-25(15-21(3)31(38)39)16-23-11-7-5-8-12-23/h5-14,19-21,25-26,28H,15-18H2,1-4H3,(H,33,37)(H,35,40)(H,38,39)/t21-,25+,26+,28+/m0/s1. The van der Waals surface area contributed by atoms with Crippen LogP contribution < -0.4 is 10.6 Å². The Hall–Kier alpha value is -4.25. The topological polar surface area (TPSA) is 144 Å². The minimum absolute atomic E-state index is 0.0277. The van der Waals surface area contributed by atoms with Gasteiger partial charge in [-0.1, -0.05) is 81.4 Å². The van der Waals surface area contributed by atoms with Gasteiger partial charge in [0.1, 0.15) is 17.3 Å². The van der Waals surface area contributed by atoms with Crippen LogP contribution in [0.15, 0.2) is 66.0 Å². The zero-order valence-corrected chi connectivity index (χ0v) is 25.6. The van der Waals surface area contributed by atoms with Gasteiger partial charge >= 0.3 is 18.0 Å². The number of carboxylic acid groups (broad SMARTS) is 1. The number of carbonyl (C=O) groups excluding carboxylic acids is 3. The van der Waals surface area contributed by atoms with Gasteiger partial charge in [0, 0.05) is 30.8 Å². The van der Waals surface area contributed by atoms with Gasteiger partial charge < -0.3 is 25.2 Å². The first-order valence-electron chi connectivity index (χ1n) is 14.2. The van der Waals surface area contributed by atoms with Crippen molar-refractivity contribution < 1.29 is 33.8 Å². The smallest absolute Gasteiger partial charge is 0.407 e. The van der Waals surface area contributed by atoms with Crippen molar-refractivity contribution in [2.24, 2.45) is 11.8 Å². The summed E-state index contributed by atoms with van der Waals surface area (Å²) in [5.74, 6) is -2.60. The molecule has 0 saturated carbocycles. The van der Waals surface area contributed by atoms with Crippen molar-refractivity contribution in [3.63, 3.8) is 0 Å². The van der Waals surface area contributed by atoms with Gasteiger partial charge in [0.2, 0.25) is 0 Å². The van der Waals surface area contributed by atoms with Gasteiger partial charge in [-0.3, -0.25) is 14.4 Å². The van der Waals surface area contributed by atoms with Crippen LogP contribution in [-0.4, -0.2) is 46.1 Å². The number of carbonyl (C=O) groups is 4. The molecule has 1 aromatic heterocycles. The minimum atomic E-state index is -0.940. The number of thiazole rings is 1. The van der Waals surface area contributed by atoms with Gasteiger partial charge in [0.05, 0.1) is 5.92 Å². The van der Waals surface area contributed by atoms with Crippen molar-refractivity contribution in [1.82, 2.24) is 15.6 Å². The number of aromatic nitrogens is 1. The van der Waals surface area contributed by atoms with Crippen molar-refractivity contribution in [3.8, 4) is 0 Å². The Kier molecular flexibility index (Phi) is 12.7. The fourth-order valence-corrected chi connectivity index (χ4v) is 5.30. The molecule has 0 aliphatic rings. The molecule has 0 spiro atoms. The lowest BCUT2D eigenvalue weighted by molar-refractivity contribution is -0.147. The molecule has 0 unspecified atom stereocenters. The van der Waals surface area contributed by atoms with Crippen LogP contribution in [0.25, 0.3) is 0 Å². The highest BCUT2D eigenvalue weighted by Gasteiger charge is 2.29. The predicted octanol–water partition coefficient (Wildman–Crippen LogP) is 5.54. The van der Waals surface area contributed by atoms with Crippen LogP contribution in [0.1, 0.15) is 73.3 Å². The zero-order valence-electron chi connectivity index (χ0n) is 24.8. The Labute approximate surface area is 255 Å². The molecule has 10 nitrogen and oxygen atoms in total. The summed E-state index contributed by atoms with van der Waals surface area (Å²) in [6.07, 6.45) is -0.481. The van der Waals surface area contributed by atoms with Crippen molar-refractivity contribution >= 4 is 35.3 Å². The van der Waals surface area contributed by atoms with Crippen LogP contribution in [0.4, 0.5) is 4.79 Å². The quantitative estimate of drug-likeness (QED) is 0.191. The van der Waals surface area contributed by atoms with Crippen molar-refractivity contribution in [3.05, 3.63) is 87.9 Å². The van der Waals surface area contributed by atoms with Gasteiger partial charge in [-0.05, 0) is 29.9 Å². The molecule has 2 amide bonds. The highest BCUT2D eigenvalue weighted by molar-refractivity contribution is 7.09. The predicted molar refractivity (Wildman–Crippen MR) is 162 cm³/mol. The zero-order chi connectivity index (χ0) is 31.4. The second kappa shape index (κ2) is 16.4. The summed E-state index contributed by atoms with van der Waals surface area (Å²) in [5.41, 5.74) is 1.96. The van der Waals surface area contributed by atoms with E-state index in [1.54, 1.807) is 12.3 Å². The summed E-state index contributed by atoms with van der Waals surface area (Å²) in [5, 5.41) is 17.2. The third kappa shape index (κ3) is 11.2. The normalized spacial score (nSPS) is 13.8. The summed E-state index contributed by atoms with van der Waals surface area (Å²) in [7, 11) is 0. The van der Waals surface area contributed by atoms with E-state index in [1.807, 2.05) is 74.5 Å². The number of amides is 2. The molecule has 0 aliphatic carbocycles. The van der Waals surface area contributed by atoms with E-state index >= 15 is 0 Å². The Morgan fingerprint density at radius 2 is 1.53 bits per heavy atom. The third-order valence-corrected chi connectivity index (χ3v) is 7.78. The van der Waals surface area contributed by atoms with E-state index in [1.165, 1.54) is 18.3 Å². The maximum absolute atomic E-state index is 13.2. The Morgan fingerprint density at radius 1 is 0.907 bits per heavy atom. The molecule has 11 heteroatoms. The van der Waals surface area contributed by atoms with Gasteiger partial charge in [-0.15, -0.1) is 11.3 Å². The highest BCUT2D eigenvalue weighted by Crippen LogP contribution is 2.29. The Bertz CT molecular complexity index is 1350. The van der Waals surface area contributed by atoms with Gasteiger partial charge in [-0.25, -0.2) is 9.78 Å². The summed E-state index contributed by atoms with van der Waals surface area (Å²) < 4.78 is 11.0. The SMILES string of the molecule is CC(=O)O[C@H](C[C@@H](NC(=O)OCc1ccccc1)C(C)C)c1nc(C(=O)N[C@@H](Cc2ccccc2)C[C@H](C)C(=O)O)cs1. The minimum Gasteiger partial charge on any atom is -0.481 e. The van der Waals surface area contributed by atoms with Crippen molar-refractivity contribution in [2.75, 3.05) is 0 Å². The van der Waals surface area contributed by atoms with Gasteiger partial charge in [0.25, 0.3) is 5.91 Å². The number of benzene rings is 2. The fraction of sp³-hybridized carbons (Fsp3) is 0.406. The number of esters is 1. The number of aliphatic carboxylic acids is 1. The number of nitrogens with one attached hydrogen (secondary N) is 2.